The Labute approximate surface area is 73.1 Å². The zero-order valence-corrected chi connectivity index (χ0v) is 7.24. The molecule has 0 radical (unpaired) electrons. The molecule has 0 spiro atoms. The van der Waals surface area contributed by atoms with Crippen LogP contribution in [-0.2, 0) is 9.84 Å². The van der Waals surface area contributed by atoms with E-state index in [0.717, 1.165) is 0 Å². The monoisotopic (exact) mass is 213 g/mol. The van der Waals surface area contributed by atoms with Gasteiger partial charge in [0.05, 0.1) is 17.2 Å². The van der Waals surface area contributed by atoms with Crippen molar-refractivity contribution in [3.05, 3.63) is 0 Å². The summed E-state index contributed by atoms with van der Waals surface area (Å²) in [6.45, 7) is 0. The van der Waals surface area contributed by atoms with E-state index in [1.807, 2.05) is 0 Å². The molecule has 7 heteroatoms. The zero-order valence-electron chi connectivity index (χ0n) is 6.43. The first-order valence-corrected chi connectivity index (χ1v) is 5.08. The third kappa shape index (κ3) is 1.94. The Morgan fingerprint density at radius 1 is 1.38 bits per heavy atom. The highest BCUT2D eigenvalue weighted by Gasteiger charge is 2.55. The van der Waals surface area contributed by atoms with Crippen molar-refractivity contribution < 1.29 is 21.6 Å². The predicted molar refractivity (Wildman–Crippen MR) is 37.1 cm³/mol. The van der Waals surface area contributed by atoms with Crippen molar-refractivity contribution in [2.24, 2.45) is 5.41 Å². The van der Waals surface area contributed by atoms with Crippen LogP contribution in [0.5, 0.6) is 0 Å². The van der Waals surface area contributed by atoms with Gasteiger partial charge in [-0.2, -0.15) is 18.4 Å². The Balaban J connectivity index is 2.82. The molecule has 0 aromatic rings. The van der Waals surface area contributed by atoms with Crippen LogP contribution in [0.1, 0.15) is 12.8 Å². The number of nitrogens with zero attached hydrogens (tertiary/aromatic N) is 1. The fourth-order valence-electron chi connectivity index (χ4n) is 0.885. The summed E-state index contributed by atoms with van der Waals surface area (Å²) >= 11 is 0. The summed E-state index contributed by atoms with van der Waals surface area (Å²) in [5.74, 6) is -1.10. The Morgan fingerprint density at radius 3 is 2.08 bits per heavy atom. The quantitative estimate of drug-likeness (QED) is 0.693. The smallest absolute Gasteiger partial charge is 0.220 e. The minimum Gasteiger partial charge on any atom is -0.220 e. The van der Waals surface area contributed by atoms with Crippen molar-refractivity contribution in [1.29, 1.82) is 5.26 Å². The predicted octanol–water partition coefficient (Wildman–Crippen LogP) is 1.22. The lowest BCUT2D eigenvalue weighted by Gasteiger charge is -2.09. The van der Waals surface area contributed by atoms with Gasteiger partial charge in [0.2, 0.25) is 9.84 Å². The maximum atomic E-state index is 11.8. The normalized spacial score (nSPS) is 20.8. The summed E-state index contributed by atoms with van der Waals surface area (Å²) < 4.78 is 56.7. The van der Waals surface area contributed by atoms with Gasteiger partial charge in [0.1, 0.15) is 0 Å². The molecular weight excluding hydrogens is 207 g/mol. The summed E-state index contributed by atoms with van der Waals surface area (Å²) in [6.07, 6.45) is 0.470. The lowest BCUT2D eigenvalue weighted by Crippen LogP contribution is -2.30. The largest absolute Gasteiger partial charge is 0.497 e. The van der Waals surface area contributed by atoms with Crippen molar-refractivity contribution in [3.8, 4) is 6.07 Å². The third-order valence-corrected chi connectivity index (χ3v) is 3.55. The number of hydrogen-bond donors (Lipinski definition) is 0. The van der Waals surface area contributed by atoms with Crippen molar-refractivity contribution >= 4 is 9.84 Å². The summed E-state index contributed by atoms with van der Waals surface area (Å²) in [5.41, 5.74) is -6.51. The highest BCUT2D eigenvalue weighted by atomic mass is 32.2. The van der Waals surface area contributed by atoms with E-state index in [0.29, 0.717) is 0 Å². The van der Waals surface area contributed by atoms with Crippen LogP contribution in [0.15, 0.2) is 0 Å². The molecule has 0 bridgehead atoms. The minimum atomic E-state index is -5.24. The Morgan fingerprint density at radius 2 is 1.85 bits per heavy atom. The van der Waals surface area contributed by atoms with Gasteiger partial charge in [-0.05, 0) is 12.8 Å². The van der Waals surface area contributed by atoms with Crippen molar-refractivity contribution in [2.45, 2.75) is 18.3 Å². The third-order valence-electron chi connectivity index (χ3n) is 1.91. The number of halogens is 3. The van der Waals surface area contributed by atoms with E-state index in [1.165, 1.54) is 0 Å². The molecule has 74 valence electrons. The van der Waals surface area contributed by atoms with Gasteiger partial charge < -0.3 is 0 Å². The van der Waals surface area contributed by atoms with Gasteiger partial charge in [0, 0.05) is 0 Å². The number of hydrogen-bond acceptors (Lipinski definition) is 3. The maximum Gasteiger partial charge on any atom is 0.497 e. The average molecular weight is 213 g/mol. The van der Waals surface area contributed by atoms with E-state index in [4.69, 9.17) is 5.26 Å². The molecule has 1 aliphatic carbocycles. The Kier molecular flexibility index (Phi) is 2.07. The molecule has 1 fully saturated rings. The molecule has 0 amide bonds. The zero-order chi connectivity index (χ0) is 10.3. The van der Waals surface area contributed by atoms with E-state index < -0.39 is 26.5 Å². The standard InChI is InChI=1S/C6H6F3NO2S/c7-6(8,9)13(11,12)4-5(3-10)1-2-5/h1-2,4H2. The van der Waals surface area contributed by atoms with Gasteiger partial charge in [-0.3, -0.25) is 0 Å². The van der Waals surface area contributed by atoms with Crippen molar-refractivity contribution in [1.82, 2.24) is 0 Å². The molecule has 1 aliphatic rings. The number of rotatable bonds is 2. The van der Waals surface area contributed by atoms with Crippen LogP contribution in [-0.4, -0.2) is 19.7 Å². The molecule has 0 heterocycles. The lowest BCUT2D eigenvalue weighted by molar-refractivity contribution is -0.0438. The summed E-state index contributed by atoms with van der Waals surface area (Å²) in [4.78, 5) is 0. The molecule has 1 saturated carbocycles. The summed E-state index contributed by atoms with van der Waals surface area (Å²) in [6, 6.07) is 1.60. The highest BCUT2D eigenvalue weighted by molar-refractivity contribution is 7.92. The molecule has 0 unspecified atom stereocenters. The fraction of sp³-hybridized carbons (Fsp3) is 0.833. The van der Waals surface area contributed by atoms with Crippen LogP contribution in [0.25, 0.3) is 0 Å². The fourth-order valence-corrected chi connectivity index (χ4v) is 2.13. The van der Waals surface area contributed by atoms with E-state index in [-0.39, 0.29) is 12.8 Å². The molecule has 3 nitrogen and oxygen atoms in total. The molecule has 0 aromatic carbocycles. The molecule has 0 N–H and O–H groups in total. The summed E-state index contributed by atoms with van der Waals surface area (Å²) in [5, 5.41) is 8.40. The summed E-state index contributed by atoms with van der Waals surface area (Å²) in [7, 11) is -5.13. The SMILES string of the molecule is N#CC1(CS(=O)(=O)C(F)(F)F)CC1. The van der Waals surface area contributed by atoms with Crippen LogP contribution in [0.2, 0.25) is 0 Å². The first-order chi connectivity index (χ1) is 5.72. The molecule has 0 aromatic heterocycles. The van der Waals surface area contributed by atoms with Crippen LogP contribution >= 0.6 is 0 Å². The minimum absolute atomic E-state index is 0.235. The van der Waals surface area contributed by atoms with Crippen LogP contribution in [0.3, 0.4) is 0 Å². The molecule has 1 rings (SSSR count). The second kappa shape index (κ2) is 2.61. The average Bonchev–Trinajstić information content (AvgIpc) is 2.66. The molecule has 0 atom stereocenters. The van der Waals surface area contributed by atoms with Gasteiger partial charge >= 0.3 is 5.51 Å². The first kappa shape index (κ1) is 10.3. The van der Waals surface area contributed by atoms with Crippen LogP contribution in [0.4, 0.5) is 13.2 Å². The molecule has 13 heavy (non-hydrogen) atoms. The first-order valence-electron chi connectivity index (χ1n) is 3.43. The van der Waals surface area contributed by atoms with E-state index in [9.17, 15) is 21.6 Å². The lowest BCUT2D eigenvalue weighted by atomic mass is 10.2. The molecule has 0 aliphatic heterocycles. The second-order valence-electron chi connectivity index (χ2n) is 3.10. The highest BCUT2D eigenvalue weighted by Crippen LogP contribution is 2.47. The van der Waals surface area contributed by atoms with Gasteiger partial charge in [0.25, 0.3) is 0 Å². The van der Waals surface area contributed by atoms with Gasteiger partial charge in [-0.25, -0.2) is 8.42 Å². The van der Waals surface area contributed by atoms with Crippen molar-refractivity contribution in [3.63, 3.8) is 0 Å². The Bertz CT molecular complexity index is 347. The number of nitriles is 1. The number of sulfone groups is 1. The van der Waals surface area contributed by atoms with Crippen LogP contribution < -0.4 is 0 Å². The molecule has 0 saturated heterocycles. The molecular formula is C6H6F3NO2S. The van der Waals surface area contributed by atoms with Crippen molar-refractivity contribution in [2.75, 3.05) is 5.75 Å². The topological polar surface area (TPSA) is 57.9 Å². The number of alkyl halides is 3. The van der Waals surface area contributed by atoms with Gasteiger partial charge in [-0.1, -0.05) is 0 Å². The Hall–Kier alpha value is -0.770. The van der Waals surface area contributed by atoms with Crippen LogP contribution in [0, 0.1) is 16.7 Å². The van der Waals surface area contributed by atoms with E-state index >= 15 is 0 Å². The van der Waals surface area contributed by atoms with E-state index in [1.54, 1.807) is 6.07 Å². The van der Waals surface area contributed by atoms with E-state index in [2.05, 4.69) is 0 Å². The van der Waals surface area contributed by atoms with Gasteiger partial charge in [-0.15, -0.1) is 0 Å². The second-order valence-corrected chi connectivity index (χ2v) is 5.08. The van der Waals surface area contributed by atoms with Gasteiger partial charge in [0.15, 0.2) is 0 Å². The maximum absolute atomic E-state index is 11.8.